The minimum atomic E-state index is -0.130. The number of likely N-dealkylation sites (tertiary alicyclic amines) is 1. The maximum Gasteiger partial charge on any atom is 0.238 e. The minimum Gasteiger partial charge on any atom is -0.330 e. The average Bonchev–Trinajstić information content (AvgIpc) is 2.45. The summed E-state index contributed by atoms with van der Waals surface area (Å²) in [4.78, 5) is 14.5. The summed E-state index contributed by atoms with van der Waals surface area (Å²) < 4.78 is 0. The fourth-order valence-corrected chi connectivity index (χ4v) is 3.72. The summed E-state index contributed by atoms with van der Waals surface area (Å²) in [5, 5.41) is 3.89. The fraction of sp³-hybridized carbons (Fsp3) is 0.533. The minimum absolute atomic E-state index is 0. The zero-order valence-electron chi connectivity index (χ0n) is 12.7. The van der Waals surface area contributed by atoms with Crippen molar-refractivity contribution in [2.75, 3.05) is 25.0 Å². The molecule has 0 saturated carbocycles. The number of nitrogens with one attached hydrogen (secondary N) is 1. The molecule has 1 aromatic rings. The molecule has 1 unspecified atom stereocenters. The fourth-order valence-electron chi connectivity index (χ4n) is 2.81. The van der Waals surface area contributed by atoms with Crippen LogP contribution < -0.4 is 11.1 Å². The van der Waals surface area contributed by atoms with Gasteiger partial charge in [-0.2, -0.15) is 0 Å². The highest BCUT2D eigenvalue weighted by atomic mass is 35.5. The van der Waals surface area contributed by atoms with E-state index < -0.39 is 0 Å². The Hall–Kier alpha value is -0.230. The second-order valence-electron chi connectivity index (χ2n) is 5.49. The second-order valence-corrected chi connectivity index (χ2v) is 6.74. The van der Waals surface area contributed by atoms with Crippen molar-refractivity contribution in [3.05, 3.63) is 27.2 Å². The van der Waals surface area contributed by atoms with Crippen molar-refractivity contribution in [2.45, 2.75) is 31.7 Å². The first kappa shape index (κ1) is 20.8. The lowest BCUT2D eigenvalue weighted by Gasteiger charge is -2.35. The van der Waals surface area contributed by atoms with Crippen LogP contribution in [0.5, 0.6) is 0 Å². The van der Waals surface area contributed by atoms with Gasteiger partial charge in [0.05, 0.1) is 22.3 Å². The Labute approximate surface area is 158 Å². The predicted octanol–water partition coefficient (Wildman–Crippen LogP) is 4.21. The zero-order chi connectivity index (χ0) is 16.1. The van der Waals surface area contributed by atoms with Crippen molar-refractivity contribution < 1.29 is 4.79 Å². The molecular weight excluding hydrogens is 380 g/mol. The van der Waals surface area contributed by atoms with Crippen LogP contribution in [0.15, 0.2) is 12.1 Å². The summed E-state index contributed by atoms with van der Waals surface area (Å²) in [6, 6.07) is 3.49. The van der Waals surface area contributed by atoms with Gasteiger partial charge in [0.1, 0.15) is 0 Å². The van der Waals surface area contributed by atoms with E-state index in [1.807, 2.05) is 0 Å². The molecular formula is C15H21Cl4N3O. The Morgan fingerprint density at radius 2 is 1.91 bits per heavy atom. The van der Waals surface area contributed by atoms with Crippen LogP contribution in [-0.4, -0.2) is 36.5 Å². The van der Waals surface area contributed by atoms with E-state index in [1.54, 1.807) is 12.1 Å². The van der Waals surface area contributed by atoms with E-state index in [-0.39, 0.29) is 18.3 Å². The molecule has 0 bridgehead atoms. The van der Waals surface area contributed by atoms with Crippen LogP contribution in [0.25, 0.3) is 0 Å². The first-order valence-electron chi connectivity index (χ1n) is 7.39. The summed E-state index contributed by atoms with van der Waals surface area (Å²) in [5.41, 5.74) is 6.06. The molecule has 23 heavy (non-hydrogen) atoms. The number of halogens is 4. The lowest BCUT2D eigenvalue weighted by molar-refractivity contribution is -0.118. The number of hydrogen-bond acceptors (Lipinski definition) is 3. The molecule has 8 heteroatoms. The third-order valence-electron chi connectivity index (χ3n) is 3.87. The number of nitrogens with zero attached hydrogens (tertiary/aromatic N) is 1. The van der Waals surface area contributed by atoms with Crippen molar-refractivity contribution in [1.82, 2.24) is 4.90 Å². The number of hydrogen-bond donors (Lipinski definition) is 2. The smallest absolute Gasteiger partial charge is 0.238 e. The average molecular weight is 401 g/mol. The summed E-state index contributed by atoms with van der Waals surface area (Å²) in [5.74, 6) is -0.130. The lowest BCUT2D eigenvalue weighted by Crippen LogP contribution is -2.44. The third-order valence-corrected chi connectivity index (χ3v) is 4.68. The van der Waals surface area contributed by atoms with Gasteiger partial charge in [0.25, 0.3) is 0 Å². The van der Waals surface area contributed by atoms with Crippen LogP contribution in [0.3, 0.4) is 0 Å². The van der Waals surface area contributed by atoms with Gasteiger partial charge in [-0.3, -0.25) is 9.69 Å². The monoisotopic (exact) mass is 399 g/mol. The van der Waals surface area contributed by atoms with Gasteiger partial charge in [-0.1, -0.05) is 41.2 Å². The summed E-state index contributed by atoms with van der Waals surface area (Å²) in [6.07, 6.45) is 4.30. The molecule has 1 aliphatic heterocycles. The number of piperidine rings is 1. The van der Waals surface area contributed by atoms with Crippen molar-refractivity contribution in [3.8, 4) is 0 Å². The van der Waals surface area contributed by atoms with Gasteiger partial charge in [0, 0.05) is 11.1 Å². The van der Waals surface area contributed by atoms with Gasteiger partial charge in [-0.25, -0.2) is 0 Å². The van der Waals surface area contributed by atoms with Crippen LogP contribution in [-0.2, 0) is 4.79 Å². The summed E-state index contributed by atoms with van der Waals surface area (Å²) in [6.45, 7) is 1.87. The number of benzene rings is 1. The number of carbonyl (C=O) groups is 1. The molecule has 1 saturated heterocycles. The quantitative estimate of drug-likeness (QED) is 0.778. The molecule has 1 amide bonds. The normalized spacial score (nSPS) is 18.3. The van der Waals surface area contributed by atoms with Crippen LogP contribution in [0.1, 0.15) is 25.7 Å². The number of rotatable bonds is 5. The molecule has 0 spiro atoms. The summed E-state index contributed by atoms with van der Waals surface area (Å²) in [7, 11) is 0. The first-order valence-corrected chi connectivity index (χ1v) is 8.53. The molecule has 0 aliphatic carbocycles. The van der Waals surface area contributed by atoms with Crippen LogP contribution in [0.2, 0.25) is 15.1 Å². The molecule has 1 fully saturated rings. The van der Waals surface area contributed by atoms with Crippen molar-refractivity contribution in [2.24, 2.45) is 5.73 Å². The van der Waals surface area contributed by atoms with E-state index in [1.165, 1.54) is 6.42 Å². The van der Waals surface area contributed by atoms with Crippen molar-refractivity contribution in [3.63, 3.8) is 0 Å². The van der Waals surface area contributed by atoms with Gasteiger partial charge in [0.15, 0.2) is 0 Å². The van der Waals surface area contributed by atoms with E-state index in [4.69, 9.17) is 40.5 Å². The zero-order valence-corrected chi connectivity index (χ0v) is 15.7. The molecule has 0 aromatic heterocycles. The van der Waals surface area contributed by atoms with E-state index in [2.05, 4.69) is 10.2 Å². The Kier molecular flexibility index (Phi) is 8.98. The Balaban J connectivity index is 0.00000264. The summed E-state index contributed by atoms with van der Waals surface area (Å²) >= 11 is 18.0. The van der Waals surface area contributed by atoms with Gasteiger partial charge < -0.3 is 11.1 Å². The SMILES string of the molecule is Cl.NCCC1CCCCN1CC(=O)Nc1c(Cl)cc(Cl)cc1Cl. The molecule has 4 nitrogen and oxygen atoms in total. The van der Waals surface area contributed by atoms with E-state index in [0.717, 1.165) is 25.8 Å². The topological polar surface area (TPSA) is 58.4 Å². The van der Waals surface area contributed by atoms with E-state index >= 15 is 0 Å². The number of nitrogens with two attached hydrogens (primary N) is 1. The third kappa shape index (κ3) is 5.96. The molecule has 1 heterocycles. The maximum absolute atomic E-state index is 12.3. The van der Waals surface area contributed by atoms with Crippen LogP contribution in [0.4, 0.5) is 5.69 Å². The molecule has 0 radical (unpaired) electrons. The van der Waals surface area contributed by atoms with E-state index in [0.29, 0.717) is 39.9 Å². The largest absolute Gasteiger partial charge is 0.330 e. The highest BCUT2D eigenvalue weighted by Crippen LogP contribution is 2.33. The highest BCUT2D eigenvalue weighted by Gasteiger charge is 2.24. The van der Waals surface area contributed by atoms with E-state index in [9.17, 15) is 4.79 Å². The molecule has 1 aromatic carbocycles. The number of amides is 1. The predicted molar refractivity (Wildman–Crippen MR) is 100 cm³/mol. The first-order chi connectivity index (χ1) is 10.5. The standard InChI is InChI=1S/C15H20Cl3N3O.ClH/c16-10-7-12(17)15(13(18)8-10)20-14(22)9-21-6-2-1-3-11(21)4-5-19;/h7-8,11H,1-6,9,19H2,(H,20,22);1H. The Bertz CT molecular complexity index is 516. The van der Waals surface area contributed by atoms with Gasteiger partial charge in [0.2, 0.25) is 5.91 Å². The molecule has 1 atom stereocenters. The maximum atomic E-state index is 12.3. The highest BCUT2D eigenvalue weighted by molar-refractivity contribution is 6.42. The lowest BCUT2D eigenvalue weighted by atomic mass is 9.99. The number of carbonyl (C=O) groups excluding carboxylic acids is 1. The number of anilines is 1. The van der Waals surface area contributed by atoms with Gasteiger partial charge in [-0.15, -0.1) is 12.4 Å². The van der Waals surface area contributed by atoms with Crippen LogP contribution in [0, 0.1) is 0 Å². The van der Waals surface area contributed by atoms with Gasteiger partial charge in [-0.05, 0) is 44.5 Å². The Morgan fingerprint density at radius 1 is 1.26 bits per heavy atom. The second kappa shape index (κ2) is 9.92. The van der Waals surface area contributed by atoms with Crippen molar-refractivity contribution >= 4 is 58.8 Å². The molecule has 130 valence electrons. The molecule has 1 aliphatic rings. The van der Waals surface area contributed by atoms with Crippen LogP contribution >= 0.6 is 47.2 Å². The Morgan fingerprint density at radius 3 is 2.52 bits per heavy atom. The molecule has 3 N–H and O–H groups in total. The van der Waals surface area contributed by atoms with Gasteiger partial charge >= 0.3 is 0 Å². The molecule has 2 rings (SSSR count). The van der Waals surface area contributed by atoms with Crippen molar-refractivity contribution in [1.29, 1.82) is 0 Å².